The van der Waals surface area contributed by atoms with Crippen molar-refractivity contribution in [1.29, 1.82) is 0 Å². The van der Waals surface area contributed by atoms with Gasteiger partial charge in [-0.25, -0.2) is 4.39 Å². The molecular formula is C14H19ClFN3O. The van der Waals surface area contributed by atoms with E-state index in [1.807, 2.05) is 4.90 Å². The second kappa shape index (κ2) is 7.02. The molecule has 6 heteroatoms. The lowest BCUT2D eigenvalue weighted by Crippen LogP contribution is -2.48. The molecule has 0 unspecified atom stereocenters. The van der Waals surface area contributed by atoms with Crippen LogP contribution >= 0.6 is 11.6 Å². The summed E-state index contributed by atoms with van der Waals surface area (Å²) in [6.07, 6.45) is 0.388. The van der Waals surface area contributed by atoms with E-state index < -0.39 is 0 Å². The molecular weight excluding hydrogens is 281 g/mol. The molecule has 2 rings (SSSR count). The van der Waals surface area contributed by atoms with Crippen molar-refractivity contribution in [2.24, 2.45) is 5.73 Å². The summed E-state index contributed by atoms with van der Waals surface area (Å²) in [5, 5.41) is 0.451. The molecule has 0 bridgehead atoms. The number of nitrogens with zero attached hydrogens (tertiary/aromatic N) is 2. The maximum absolute atomic E-state index is 13.7. The average Bonchev–Trinajstić information content (AvgIpc) is 2.44. The molecule has 0 saturated carbocycles. The lowest BCUT2D eigenvalue weighted by Gasteiger charge is -2.35. The van der Waals surface area contributed by atoms with Crippen LogP contribution < -0.4 is 5.73 Å². The molecule has 1 saturated heterocycles. The molecule has 0 atom stereocenters. The van der Waals surface area contributed by atoms with Gasteiger partial charge in [0.25, 0.3) is 0 Å². The Morgan fingerprint density at radius 3 is 2.60 bits per heavy atom. The highest BCUT2D eigenvalue weighted by atomic mass is 35.5. The third kappa shape index (κ3) is 3.69. The zero-order chi connectivity index (χ0) is 14.5. The zero-order valence-corrected chi connectivity index (χ0v) is 12.1. The van der Waals surface area contributed by atoms with E-state index in [1.165, 1.54) is 6.07 Å². The van der Waals surface area contributed by atoms with Crippen molar-refractivity contribution < 1.29 is 9.18 Å². The first-order chi connectivity index (χ1) is 9.61. The molecule has 2 N–H and O–H groups in total. The number of benzene rings is 1. The average molecular weight is 300 g/mol. The van der Waals surface area contributed by atoms with Crippen LogP contribution in [0.25, 0.3) is 0 Å². The first kappa shape index (κ1) is 15.2. The van der Waals surface area contributed by atoms with Gasteiger partial charge in [-0.05, 0) is 12.1 Å². The number of halogens is 2. The van der Waals surface area contributed by atoms with E-state index in [0.717, 1.165) is 13.1 Å². The standard InChI is InChI=1S/C14H19ClFN3O/c15-12-2-1-3-13(16)11(12)10-18-6-8-19(9-7-18)14(20)4-5-17/h1-3H,4-10,17H2. The molecule has 1 heterocycles. The number of nitrogens with two attached hydrogens (primary N) is 1. The topological polar surface area (TPSA) is 49.6 Å². The number of hydrogen-bond donors (Lipinski definition) is 1. The molecule has 1 amide bonds. The van der Waals surface area contributed by atoms with Crippen LogP contribution in [0.5, 0.6) is 0 Å². The predicted molar refractivity (Wildman–Crippen MR) is 76.9 cm³/mol. The van der Waals surface area contributed by atoms with Gasteiger partial charge in [-0.1, -0.05) is 17.7 Å². The van der Waals surface area contributed by atoms with Crippen LogP contribution in [0.1, 0.15) is 12.0 Å². The number of carbonyl (C=O) groups is 1. The third-order valence-electron chi connectivity index (χ3n) is 3.53. The highest BCUT2D eigenvalue weighted by Gasteiger charge is 2.21. The highest BCUT2D eigenvalue weighted by molar-refractivity contribution is 6.31. The second-order valence-corrected chi connectivity index (χ2v) is 5.30. The molecule has 1 aromatic carbocycles. The summed E-state index contributed by atoms with van der Waals surface area (Å²) in [4.78, 5) is 15.6. The van der Waals surface area contributed by atoms with Crippen LogP contribution in [0.4, 0.5) is 4.39 Å². The van der Waals surface area contributed by atoms with Crippen molar-refractivity contribution >= 4 is 17.5 Å². The first-order valence-electron chi connectivity index (χ1n) is 6.75. The fraction of sp³-hybridized carbons (Fsp3) is 0.500. The molecule has 1 aliphatic heterocycles. The minimum atomic E-state index is -0.279. The van der Waals surface area contributed by atoms with Crippen molar-refractivity contribution in [1.82, 2.24) is 9.80 Å². The van der Waals surface area contributed by atoms with Gasteiger partial charge < -0.3 is 10.6 Å². The summed E-state index contributed by atoms with van der Waals surface area (Å²) >= 11 is 6.02. The van der Waals surface area contributed by atoms with Gasteiger partial charge >= 0.3 is 0 Å². The Bertz CT molecular complexity index is 455. The van der Waals surface area contributed by atoms with E-state index in [1.54, 1.807) is 12.1 Å². The van der Waals surface area contributed by atoms with Crippen LogP contribution in [0.2, 0.25) is 5.02 Å². The van der Waals surface area contributed by atoms with E-state index >= 15 is 0 Å². The molecule has 20 heavy (non-hydrogen) atoms. The van der Waals surface area contributed by atoms with Crippen molar-refractivity contribution in [3.8, 4) is 0 Å². The van der Waals surface area contributed by atoms with Gasteiger partial charge in [0, 0.05) is 56.3 Å². The van der Waals surface area contributed by atoms with E-state index in [-0.39, 0.29) is 11.7 Å². The van der Waals surface area contributed by atoms with Crippen molar-refractivity contribution in [3.05, 3.63) is 34.6 Å². The van der Waals surface area contributed by atoms with Crippen molar-refractivity contribution in [2.45, 2.75) is 13.0 Å². The predicted octanol–water partition coefficient (Wildman–Crippen LogP) is 1.47. The van der Waals surface area contributed by atoms with Gasteiger partial charge in [0.15, 0.2) is 0 Å². The summed E-state index contributed by atoms with van der Waals surface area (Å²) in [7, 11) is 0. The van der Waals surface area contributed by atoms with Gasteiger partial charge in [0.2, 0.25) is 5.91 Å². The van der Waals surface area contributed by atoms with E-state index in [0.29, 0.717) is 43.2 Å². The SMILES string of the molecule is NCCC(=O)N1CCN(Cc2c(F)cccc2Cl)CC1. The van der Waals surface area contributed by atoms with Crippen LogP contribution in [-0.2, 0) is 11.3 Å². The molecule has 1 aliphatic rings. The first-order valence-corrected chi connectivity index (χ1v) is 7.12. The molecule has 0 spiro atoms. The zero-order valence-electron chi connectivity index (χ0n) is 11.3. The highest BCUT2D eigenvalue weighted by Crippen LogP contribution is 2.21. The van der Waals surface area contributed by atoms with Gasteiger partial charge in [-0.3, -0.25) is 9.69 Å². The third-order valence-corrected chi connectivity index (χ3v) is 3.88. The second-order valence-electron chi connectivity index (χ2n) is 4.90. The van der Waals surface area contributed by atoms with Gasteiger partial charge in [0.1, 0.15) is 5.82 Å². The molecule has 0 radical (unpaired) electrons. The van der Waals surface area contributed by atoms with Crippen molar-refractivity contribution in [3.63, 3.8) is 0 Å². The molecule has 4 nitrogen and oxygen atoms in total. The van der Waals surface area contributed by atoms with Gasteiger partial charge in [-0.2, -0.15) is 0 Å². The van der Waals surface area contributed by atoms with E-state index in [2.05, 4.69) is 4.90 Å². The summed E-state index contributed by atoms with van der Waals surface area (Å²) in [5.74, 6) is -0.185. The van der Waals surface area contributed by atoms with E-state index in [4.69, 9.17) is 17.3 Å². The monoisotopic (exact) mass is 299 g/mol. The Labute approximate surface area is 123 Å². The molecule has 110 valence electrons. The number of amides is 1. The summed E-state index contributed by atoms with van der Waals surface area (Å²) in [6, 6.07) is 4.72. The number of piperazine rings is 1. The van der Waals surface area contributed by atoms with Crippen LogP contribution in [0.3, 0.4) is 0 Å². The minimum absolute atomic E-state index is 0.0936. The fourth-order valence-corrected chi connectivity index (χ4v) is 2.57. The number of hydrogen-bond acceptors (Lipinski definition) is 3. The largest absolute Gasteiger partial charge is 0.340 e. The van der Waals surface area contributed by atoms with Crippen molar-refractivity contribution in [2.75, 3.05) is 32.7 Å². The normalized spacial score (nSPS) is 16.4. The van der Waals surface area contributed by atoms with Gasteiger partial charge in [0.05, 0.1) is 0 Å². The Morgan fingerprint density at radius 2 is 2.00 bits per heavy atom. The Kier molecular flexibility index (Phi) is 5.34. The Hall–Kier alpha value is -1.17. The molecule has 1 fully saturated rings. The van der Waals surface area contributed by atoms with Crippen LogP contribution in [0, 0.1) is 5.82 Å². The molecule has 1 aromatic rings. The number of carbonyl (C=O) groups excluding carboxylic acids is 1. The summed E-state index contributed by atoms with van der Waals surface area (Å²) < 4.78 is 13.7. The summed E-state index contributed by atoms with van der Waals surface area (Å²) in [6.45, 7) is 3.62. The molecule has 0 aromatic heterocycles. The maximum Gasteiger partial charge on any atom is 0.223 e. The Morgan fingerprint density at radius 1 is 1.30 bits per heavy atom. The summed E-state index contributed by atoms with van der Waals surface area (Å²) in [5.41, 5.74) is 5.91. The van der Waals surface area contributed by atoms with Crippen LogP contribution in [-0.4, -0.2) is 48.4 Å². The van der Waals surface area contributed by atoms with Crippen LogP contribution in [0.15, 0.2) is 18.2 Å². The lowest BCUT2D eigenvalue weighted by atomic mass is 10.1. The Balaban J connectivity index is 1.90. The van der Waals surface area contributed by atoms with Gasteiger partial charge in [-0.15, -0.1) is 0 Å². The lowest BCUT2D eigenvalue weighted by molar-refractivity contribution is -0.132. The molecule has 0 aliphatic carbocycles. The number of rotatable bonds is 4. The smallest absolute Gasteiger partial charge is 0.223 e. The quantitative estimate of drug-likeness (QED) is 0.916. The van der Waals surface area contributed by atoms with E-state index in [9.17, 15) is 9.18 Å². The fourth-order valence-electron chi connectivity index (χ4n) is 2.34. The minimum Gasteiger partial charge on any atom is -0.340 e. The maximum atomic E-state index is 13.7.